The molecule has 0 aromatic carbocycles. The number of carbonyl (C=O) groups excluding carboxylic acids is 1. The molecular formula is C14H20N2O2. The third-order valence-corrected chi connectivity index (χ3v) is 1.99. The highest BCUT2D eigenvalue weighted by Crippen LogP contribution is 2.06. The largest absolute Gasteiger partial charge is 0.444 e. The van der Waals surface area contributed by atoms with E-state index in [1.165, 1.54) is 0 Å². The van der Waals surface area contributed by atoms with Crippen LogP contribution in [0.2, 0.25) is 0 Å². The van der Waals surface area contributed by atoms with Gasteiger partial charge in [-0.05, 0) is 45.4 Å². The Balaban J connectivity index is 2.33. The SMILES string of the molecule is Cc1ccc(C=CCNC(=O)OC(C)(C)C)nc1. The van der Waals surface area contributed by atoms with Crippen LogP contribution in [-0.2, 0) is 4.74 Å². The Morgan fingerprint density at radius 1 is 1.44 bits per heavy atom. The molecule has 0 radical (unpaired) electrons. The number of rotatable bonds is 3. The van der Waals surface area contributed by atoms with E-state index in [4.69, 9.17) is 4.74 Å². The molecule has 0 aliphatic heterocycles. The zero-order chi connectivity index (χ0) is 13.6. The van der Waals surface area contributed by atoms with E-state index < -0.39 is 11.7 Å². The van der Waals surface area contributed by atoms with Crippen LogP contribution in [0.15, 0.2) is 24.4 Å². The summed E-state index contributed by atoms with van der Waals surface area (Å²) in [7, 11) is 0. The van der Waals surface area contributed by atoms with Crippen molar-refractivity contribution < 1.29 is 9.53 Å². The van der Waals surface area contributed by atoms with Crippen LogP contribution < -0.4 is 5.32 Å². The lowest BCUT2D eigenvalue weighted by Crippen LogP contribution is -2.32. The number of alkyl carbamates (subject to hydrolysis) is 1. The van der Waals surface area contributed by atoms with E-state index in [9.17, 15) is 4.79 Å². The number of amides is 1. The van der Waals surface area contributed by atoms with E-state index in [1.54, 1.807) is 6.20 Å². The van der Waals surface area contributed by atoms with Crippen molar-refractivity contribution in [1.29, 1.82) is 0 Å². The average Bonchev–Trinajstić information content (AvgIpc) is 2.24. The number of aryl methyl sites for hydroxylation is 1. The fourth-order valence-electron chi connectivity index (χ4n) is 1.21. The minimum atomic E-state index is -0.466. The lowest BCUT2D eigenvalue weighted by Gasteiger charge is -2.19. The average molecular weight is 248 g/mol. The van der Waals surface area contributed by atoms with Crippen LogP contribution in [0.1, 0.15) is 32.0 Å². The minimum absolute atomic E-state index is 0.413. The molecule has 1 amide bonds. The molecule has 1 heterocycles. The standard InChI is InChI=1S/C14H20N2O2/c1-11-7-8-12(16-10-11)6-5-9-15-13(17)18-14(2,3)4/h5-8,10H,9H2,1-4H3,(H,15,17). The Morgan fingerprint density at radius 3 is 2.72 bits per heavy atom. The zero-order valence-electron chi connectivity index (χ0n) is 11.4. The van der Waals surface area contributed by atoms with E-state index in [0.29, 0.717) is 6.54 Å². The lowest BCUT2D eigenvalue weighted by molar-refractivity contribution is 0.0534. The Bertz CT molecular complexity index is 416. The summed E-state index contributed by atoms with van der Waals surface area (Å²) in [5.74, 6) is 0. The normalized spacial score (nSPS) is 11.6. The van der Waals surface area contributed by atoms with Gasteiger partial charge in [-0.2, -0.15) is 0 Å². The highest BCUT2D eigenvalue weighted by atomic mass is 16.6. The molecule has 0 saturated carbocycles. The van der Waals surface area contributed by atoms with Gasteiger partial charge in [-0.3, -0.25) is 4.98 Å². The molecule has 0 spiro atoms. The van der Waals surface area contributed by atoms with Crippen molar-refractivity contribution in [3.8, 4) is 0 Å². The van der Waals surface area contributed by atoms with E-state index in [2.05, 4.69) is 10.3 Å². The molecule has 0 aliphatic carbocycles. The summed E-state index contributed by atoms with van der Waals surface area (Å²) >= 11 is 0. The van der Waals surface area contributed by atoms with Crippen molar-refractivity contribution in [1.82, 2.24) is 10.3 Å². The molecule has 1 rings (SSSR count). The minimum Gasteiger partial charge on any atom is -0.444 e. The topological polar surface area (TPSA) is 51.2 Å². The molecule has 0 saturated heterocycles. The summed E-state index contributed by atoms with van der Waals surface area (Å²) < 4.78 is 5.11. The summed E-state index contributed by atoms with van der Waals surface area (Å²) in [4.78, 5) is 15.6. The molecule has 0 atom stereocenters. The number of hydrogen-bond donors (Lipinski definition) is 1. The summed E-state index contributed by atoms with van der Waals surface area (Å²) in [6, 6.07) is 3.92. The summed E-state index contributed by atoms with van der Waals surface area (Å²) in [5, 5.41) is 2.65. The van der Waals surface area contributed by atoms with Gasteiger partial charge in [0.15, 0.2) is 0 Å². The number of hydrogen-bond acceptors (Lipinski definition) is 3. The van der Waals surface area contributed by atoms with Gasteiger partial charge in [0.2, 0.25) is 0 Å². The van der Waals surface area contributed by atoms with Crippen LogP contribution >= 0.6 is 0 Å². The first kappa shape index (κ1) is 14.2. The van der Waals surface area contributed by atoms with Gasteiger partial charge in [0, 0.05) is 12.7 Å². The van der Waals surface area contributed by atoms with Crippen LogP contribution in [0, 0.1) is 6.92 Å². The van der Waals surface area contributed by atoms with E-state index in [1.807, 2.05) is 52.0 Å². The van der Waals surface area contributed by atoms with Crippen LogP contribution in [0.5, 0.6) is 0 Å². The van der Waals surface area contributed by atoms with Crippen LogP contribution in [0.25, 0.3) is 6.08 Å². The van der Waals surface area contributed by atoms with E-state index in [-0.39, 0.29) is 0 Å². The number of pyridine rings is 1. The first-order chi connectivity index (χ1) is 8.37. The van der Waals surface area contributed by atoms with Gasteiger partial charge >= 0.3 is 6.09 Å². The monoisotopic (exact) mass is 248 g/mol. The predicted octanol–water partition coefficient (Wildman–Crippen LogP) is 2.93. The fourth-order valence-corrected chi connectivity index (χ4v) is 1.21. The van der Waals surface area contributed by atoms with Crippen molar-refractivity contribution in [2.24, 2.45) is 0 Å². The molecule has 1 N–H and O–H groups in total. The maximum Gasteiger partial charge on any atom is 0.407 e. The second-order valence-electron chi connectivity index (χ2n) is 5.05. The van der Waals surface area contributed by atoms with Crippen molar-refractivity contribution in [3.63, 3.8) is 0 Å². The molecule has 0 aliphatic rings. The Morgan fingerprint density at radius 2 is 2.17 bits per heavy atom. The summed E-state index contributed by atoms with van der Waals surface area (Å²) in [6.45, 7) is 7.91. The number of aromatic nitrogens is 1. The number of nitrogens with one attached hydrogen (secondary N) is 1. The van der Waals surface area contributed by atoms with E-state index >= 15 is 0 Å². The van der Waals surface area contributed by atoms with Crippen molar-refractivity contribution in [2.75, 3.05) is 6.54 Å². The summed E-state index contributed by atoms with van der Waals surface area (Å²) in [6.07, 6.45) is 5.09. The Hall–Kier alpha value is -1.84. The predicted molar refractivity (Wildman–Crippen MR) is 72.2 cm³/mol. The summed E-state index contributed by atoms with van der Waals surface area (Å²) in [5.41, 5.74) is 1.53. The van der Waals surface area contributed by atoms with Crippen LogP contribution in [-0.4, -0.2) is 23.2 Å². The van der Waals surface area contributed by atoms with E-state index in [0.717, 1.165) is 11.3 Å². The van der Waals surface area contributed by atoms with Gasteiger partial charge in [0.25, 0.3) is 0 Å². The second kappa shape index (κ2) is 6.19. The lowest BCUT2D eigenvalue weighted by atomic mass is 10.2. The Labute approximate surface area is 108 Å². The molecule has 98 valence electrons. The molecule has 1 aromatic rings. The fraction of sp³-hybridized carbons (Fsp3) is 0.429. The number of ether oxygens (including phenoxy) is 1. The molecule has 4 heteroatoms. The number of nitrogens with zero attached hydrogens (tertiary/aromatic N) is 1. The molecular weight excluding hydrogens is 228 g/mol. The van der Waals surface area contributed by atoms with Gasteiger partial charge in [0.1, 0.15) is 5.60 Å². The Kier molecular flexibility index (Phi) is 4.89. The zero-order valence-corrected chi connectivity index (χ0v) is 11.4. The van der Waals surface area contributed by atoms with Crippen molar-refractivity contribution in [3.05, 3.63) is 35.7 Å². The van der Waals surface area contributed by atoms with Gasteiger partial charge < -0.3 is 10.1 Å². The molecule has 0 fully saturated rings. The maximum atomic E-state index is 11.3. The van der Waals surface area contributed by atoms with Gasteiger partial charge in [0.05, 0.1) is 5.69 Å². The van der Waals surface area contributed by atoms with Crippen LogP contribution in [0.4, 0.5) is 4.79 Å². The van der Waals surface area contributed by atoms with Gasteiger partial charge in [-0.1, -0.05) is 12.1 Å². The maximum absolute atomic E-state index is 11.3. The van der Waals surface area contributed by atoms with Gasteiger partial charge in [-0.25, -0.2) is 4.79 Å². The molecule has 4 nitrogen and oxygen atoms in total. The van der Waals surface area contributed by atoms with Crippen molar-refractivity contribution in [2.45, 2.75) is 33.3 Å². The quantitative estimate of drug-likeness (QED) is 0.894. The molecule has 1 aromatic heterocycles. The van der Waals surface area contributed by atoms with Crippen LogP contribution in [0.3, 0.4) is 0 Å². The molecule has 0 bridgehead atoms. The molecule has 18 heavy (non-hydrogen) atoms. The second-order valence-corrected chi connectivity index (χ2v) is 5.05. The number of carbonyl (C=O) groups is 1. The first-order valence-electron chi connectivity index (χ1n) is 5.93. The highest BCUT2D eigenvalue weighted by Gasteiger charge is 2.14. The third-order valence-electron chi connectivity index (χ3n) is 1.99. The van der Waals surface area contributed by atoms with Gasteiger partial charge in [-0.15, -0.1) is 0 Å². The van der Waals surface area contributed by atoms with Crippen molar-refractivity contribution >= 4 is 12.2 Å². The molecule has 0 unspecified atom stereocenters. The smallest absolute Gasteiger partial charge is 0.407 e. The third kappa shape index (κ3) is 6.03. The highest BCUT2D eigenvalue weighted by molar-refractivity contribution is 5.68. The first-order valence-corrected chi connectivity index (χ1v) is 5.93.